The summed E-state index contributed by atoms with van der Waals surface area (Å²) in [7, 11) is 3.66. The van der Waals surface area contributed by atoms with Gasteiger partial charge >= 0.3 is 0 Å². The molecule has 1 aromatic carbocycles. The van der Waals surface area contributed by atoms with Crippen molar-refractivity contribution >= 4 is 28.2 Å². The van der Waals surface area contributed by atoms with E-state index in [9.17, 15) is 4.79 Å². The minimum atomic E-state index is -0.198. The van der Waals surface area contributed by atoms with Crippen molar-refractivity contribution in [3.8, 4) is 0 Å². The van der Waals surface area contributed by atoms with Crippen molar-refractivity contribution in [2.75, 3.05) is 14.1 Å². The largest absolute Gasteiger partial charge is 0.369 e. The maximum absolute atomic E-state index is 11.9. The van der Waals surface area contributed by atoms with Gasteiger partial charge in [-0.2, -0.15) is 4.99 Å². The summed E-state index contributed by atoms with van der Waals surface area (Å²) in [4.78, 5) is 17.5. The van der Waals surface area contributed by atoms with Gasteiger partial charge in [0.1, 0.15) is 0 Å². The SMILES string of the molecule is Cc1cc(Br)cc(C)c1C(=O)/N=C/N(C)C. The van der Waals surface area contributed by atoms with E-state index in [-0.39, 0.29) is 5.91 Å². The number of hydrogen-bond donors (Lipinski definition) is 0. The number of hydrogen-bond acceptors (Lipinski definition) is 1. The van der Waals surface area contributed by atoms with E-state index in [4.69, 9.17) is 0 Å². The summed E-state index contributed by atoms with van der Waals surface area (Å²) < 4.78 is 0.982. The average Bonchev–Trinajstić information content (AvgIpc) is 2.12. The average molecular weight is 283 g/mol. The quantitative estimate of drug-likeness (QED) is 0.617. The van der Waals surface area contributed by atoms with Crippen molar-refractivity contribution in [3.05, 3.63) is 33.3 Å². The van der Waals surface area contributed by atoms with Gasteiger partial charge in [-0.1, -0.05) is 15.9 Å². The van der Waals surface area contributed by atoms with Gasteiger partial charge in [0.15, 0.2) is 0 Å². The van der Waals surface area contributed by atoms with Crippen LogP contribution in [-0.4, -0.2) is 31.2 Å². The van der Waals surface area contributed by atoms with Gasteiger partial charge in [0, 0.05) is 24.1 Å². The summed E-state index contributed by atoms with van der Waals surface area (Å²) in [5.41, 5.74) is 2.56. The molecular weight excluding hydrogens is 268 g/mol. The molecule has 0 spiro atoms. The molecule has 16 heavy (non-hydrogen) atoms. The lowest BCUT2D eigenvalue weighted by molar-refractivity contribution is 0.100. The van der Waals surface area contributed by atoms with Crippen molar-refractivity contribution < 1.29 is 4.79 Å². The van der Waals surface area contributed by atoms with Crippen molar-refractivity contribution in [1.29, 1.82) is 0 Å². The number of aryl methyl sites for hydroxylation is 2. The van der Waals surface area contributed by atoms with E-state index < -0.39 is 0 Å². The highest BCUT2D eigenvalue weighted by Crippen LogP contribution is 2.21. The predicted molar refractivity (Wildman–Crippen MR) is 70.1 cm³/mol. The summed E-state index contributed by atoms with van der Waals surface area (Å²) >= 11 is 3.40. The molecule has 0 saturated heterocycles. The van der Waals surface area contributed by atoms with Crippen LogP contribution in [0.25, 0.3) is 0 Å². The third-order valence-corrected chi connectivity index (χ3v) is 2.58. The van der Waals surface area contributed by atoms with Crippen molar-refractivity contribution in [2.45, 2.75) is 13.8 Å². The number of carbonyl (C=O) groups excluding carboxylic acids is 1. The maximum atomic E-state index is 11.9. The molecule has 1 amide bonds. The molecule has 86 valence electrons. The highest BCUT2D eigenvalue weighted by molar-refractivity contribution is 9.10. The van der Waals surface area contributed by atoms with Crippen LogP contribution in [0.1, 0.15) is 21.5 Å². The van der Waals surface area contributed by atoms with Crippen molar-refractivity contribution in [1.82, 2.24) is 4.90 Å². The molecule has 0 saturated carbocycles. The highest BCUT2D eigenvalue weighted by Gasteiger charge is 2.11. The summed E-state index contributed by atoms with van der Waals surface area (Å²) in [6.45, 7) is 3.83. The Morgan fingerprint density at radius 3 is 2.25 bits per heavy atom. The first-order chi connectivity index (χ1) is 7.41. The Morgan fingerprint density at radius 1 is 1.31 bits per heavy atom. The minimum Gasteiger partial charge on any atom is -0.369 e. The topological polar surface area (TPSA) is 32.7 Å². The number of carbonyl (C=O) groups is 1. The van der Waals surface area contributed by atoms with Crippen LogP contribution in [0.15, 0.2) is 21.6 Å². The van der Waals surface area contributed by atoms with Crippen LogP contribution in [0, 0.1) is 13.8 Å². The standard InChI is InChI=1S/C12H15BrN2O/c1-8-5-10(13)6-9(2)11(8)12(16)14-7-15(3)4/h5-7H,1-4H3/b14-7+. The minimum absolute atomic E-state index is 0.198. The molecule has 0 aromatic heterocycles. The van der Waals surface area contributed by atoms with Crippen LogP contribution in [0.5, 0.6) is 0 Å². The van der Waals surface area contributed by atoms with Crippen LogP contribution in [-0.2, 0) is 0 Å². The number of halogens is 1. The molecule has 0 fully saturated rings. The molecule has 4 heteroatoms. The fourth-order valence-corrected chi connectivity index (χ4v) is 2.17. The van der Waals surface area contributed by atoms with E-state index in [0.717, 1.165) is 15.6 Å². The van der Waals surface area contributed by atoms with Gasteiger partial charge in [-0.05, 0) is 37.1 Å². The Labute approximate surface area is 104 Å². The fourth-order valence-electron chi connectivity index (χ4n) is 1.48. The molecule has 0 heterocycles. The van der Waals surface area contributed by atoms with Crippen LogP contribution < -0.4 is 0 Å². The summed E-state index contributed by atoms with van der Waals surface area (Å²) in [5.74, 6) is -0.198. The first-order valence-corrected chi connectivity index (χ1v) is 5.73. The van der Waals surface area contributed by atoms with Gasteiger partial charge in [-0.3, -0.25) is 4.79 Å². The summed E-state index contributed by atoms with van der Waals surface area (Å²) in [6.07, 6.45) is 1.52. The molecule has 3 nitrogen and oxygen atoms in total. The second-order valence-electron chi connectivity index (χ2n) is 3.93. The van der Waals surface area contributed by atoms with Gasteiger partial charge in [0.05, 0.1) is 6.34 Å². The zero-order valence-corrected chi connectivity index (χ0v) is 11.5. The molecule has 0 N–H and O–H groups in total. The molecule has 0 unspecified atom stereocenters. The Balaban J connectivity index is 3.09. The molecule has 0 atom stereocenters. The third-order valence-electron chi connectivity index (χ3n) is 2.12. The fraction of sp³-hybridized carbons (Fsp3) is 0.333. The van der Waals surface area contributed by atoms with Crippen LogP contribution in [0.3, 0.4) is 0 Å². The molecule has 0 radical (unpaired) electrons. The van der Waals surface area contributed by atoms with Crippen molar-refractivity contribution in [2.24, 2.45) is 4.99 Å². The predicted octanol–water partition coefficient (Wildman–Crippen LogP) is 2.80. The lowest BCUT2D eigenvalue weighted by Gasteiger charge is -2.07. The maximum Gasteiger partial charge on any atom is 0.278 e. The molecular formula is C12H15BrN2O. The van der Waals surface area contributed by atoms with Gasteiger partial charge in [-0.25, -0.2) is 0 Å². The van der Waals surface area contributed by atoms with E-state index in [1.54, 1.807) is 4.90 Å². The monoisotopic (exact) mass is 282 g/mol. The Morgan fingerprint density at radius 2 is 1.81 bits per heavy atom. The second-order valence-corrected chi connectivity index (χ2v) is 4.84. The number of nitrogens with zero attached hydrogens (tertiary/aromatic N) is 2. The Hall–Kier alpha value is -1.16. The lowest BCUT2D eigenvalue weighted by Crippen LogP contribution is -2.11. The van der Waals surface area contributed by atoms with Gasteiger partial charge < -0.3 is 4.90 Å². The van der Waals surface area contributed by atoms with E-state index in [0.29, 0.717) is 5.56 Å². The third kappa shape index (κ3) is 3.17. The van der Waals surface area contributed by atoms with E-state index in [2.05, 4.69) is 20.9 Å². The molecule has 0 aliphatic heterocycles. The van der Waals surface area contributed by atoms with Gasteiger partial charge in [0.2, 0.25) is 0 Å². The van der Waals surface area contributed by atoms with Crippen molar-refractivity contribution in [3.63, 3.8) is 0 Å². The molecule has 1 aromatic rings. The number of amides is 1. The second kappa shape index (κ2) is 5.25. The number of benzene rings is 1. The molecule has 0 bridgehead atoms. The van der Waals surface area contributed by atoms with Gasteiger partial charge in [-0.15, -0.1) is 0 Å². The lowest BCUT2D eigenvalue weighted by atomic mass is 10.0. The number of aliphatic imine (C=N–C) groups is 1. The molecule has 0 aliphatic carbocycles. The zero-order valence-electron chi connectivity index (χ0n) is 9.91. The zero-order chi connectivity index (χ0) is 12.3. The molecule has 1 rings (SSSR count). The van der Waals surface area contributed by atoms with E-state index >= 15 is 0 Å². The van der Waals surface area contributed by atoms with Crippen LogP contribution >= 0.6 is 15.9 Å². The van der Waals surface area contributed by atoms with E-state index in [1.807, 2.05) is 40.1 Å². The van der Waals surface area contributed by atoms with Gasteiger partial charge in [0.25, 0.3) is 5.91 Å². The smallest absolute Gasteiger partial charge is 0.278 e. The van der Waals surface area contributed by atoms with Crippen LogP contribution in [0.2, 0.25) is 0 Å². The first kappa shape index (κ1) is 12.9. The van der Waals surface area contributed by atoms with Crippen LogP contribution in [0.4, 0.5) is 0 Å². The Kier molecular flexibility index (Phi) is 4.24. The molecule has 0 aliphatic rings. The first-order valence-electron chi connectivity index (χ1n) is 4.93. The summed E-state index contributed by atoms with van der Waals surface area (Å²) in [6, 6.07) is 3.84. The van der Waals surface area contributed by atoms with E-state index in [1.165, 1.54) is 6.34 Å². The Bertz CT molecular complexity index is 416. The normalized spacial score (nSPS) is 10.8. The highest BCUT2D eigenvalue weighted by atomic mass is 79.9. The summed E-state index contributed by atoms with van der Waals surface area (Å²) in [5, 5.41) is 0. The number of rotatable bonds is 2.